The van der Waals surface area contributed by atoms with E-state index >= 15 is 0 Å². The molecular formula is C23H27ClN2O3. The van der Waals surface area contributed by atoms with Gasteiger partial charge in [0.15, 0.2) is 0 Å². The summed E-state index contributed by atoms with van der Waals surface area (Å²) in [4.78, 5) is 27.2. The fourth-order valence-electron chi connectivity index (χ4n) is 3.26. The molecule has 0 aromatic heterocycles. The highest BCUT2D eigenvalue weighted by atomic mass is 35.5. The molecule has 0 saturated carbocycles. The minimum absolute atomic E-state index is 0.0458. The van der Waals surface area contributed by atoms with E-state index in [4.69, 9.17) is 16.3 Å². The third kappa shape index (κ3) is 5.10. The van der Waals surface area contributed by atoms with Crippen LogP contribution < -0.4 is 15.0 Å². The standard InChI is InChI=1S/C23H27ClN2O3/c1-15(2)13-26-19-10-9-18(12-20(19)29-14-23(3,4)22(26)28)25-21(27)11-16-5-7-17(24)8-6-16/h5-10,12,15H,11,13-14H2,1-4H3,(H,25,27). The van der Waals surface area contributed by atoms with Crippen LogP contribution in [0.5, 0.6) is 5.75 Å². The maximum atomic E-state index is 13.0. The molecule has 0 aliphatic carbocycles. The zero-order valence-electron chi connectivity index (χ0n) is 17.3. The minimum Gasteiger partial charge on any atom is -0.490 e. The van der Waals surface area contributed by atoms with Gasteiger partial charge in [-0.3, -0.25) is 9.59 Å². The number of carbonyl (C=O) groups is 2. The van der Waals surface area contributed by atoms with E-state index in [0.29, 0.717) is 28.9 Å². The second-order valence-electron chi connectivity index (χ2n) is 8.52. The van der Waals surface area contributed by atoms with Crippen molar-refractivity contribution in [2.45, 2.75) is 34.1 Å². The molecule has 0 bridgehead atoms. The first kappa shape index (κ1) is 21.2. The molecule has 2 aromatic rings. The summed E-state index contributed by atoms with van der Waals surface area (Å²) in [6, 6.07) is 12.6. The van der Waals surface area contributed by atoms with Crippen molar-refractivity contribution in [1.29, 1.82) is 0 Å². The third-order valence-electron chi connectivity index (χ3n) is 4.77. The quantitative estimate of drug-likeness (QED) is 0.754. The summed E-state index contributed by atoms with van der Waals surface area (Å²) in [5.41, 5.74) is 1.64. The zero-order chi connectivity index (χ0) is 21.2. The van der Waals surface area contributed by atoms with Gasteiger partial charge in [-0.1, -0.05) is 37.6 Å². The van der Waals surface area contributed by atoms with Crippen molar-refractivity contribution in [1.82, 2.24) is 0 Å². The molecular weight excluding hydrogens is 388 g/mol. The van der Waals surface area contributed by atoms with Gasteiger partial charge < -0.3 is 15.0 Å². The number of ether oxygens (including phenoxy) is 1. The monoisotopic (exact) mass is 414 g/mol. The maximum absolute atomic E-state index is 13.0. The van der Waals surface area contributed by atoms with Gasteiger partial charge in [0, 0.05) is 23.3 Å². The van der Waals surface area contributed by atoms with Crippen LogP contribution in [0.4, 0.5) is 11.4 Å². The largest absolute Gasteiger partial charge is 0.490 e. The molecule has 2 amide bonds. The Bertz CT molecular complexity index is 907. The Balaban J connectivity index is 1.80. The number of hydrogen-bond donors (Lipinski definition) is 1. The van der Waals surface area contributed by atoms with E-state index < -0.39 is 5.41 Å². The summed E-state index contributed by atoms with van der Waals surface area (Å²) in [5, 5.41) is 3.55. The van der Waals surface area contributed by atoms with Crippen LogP contribution in [0.25, 0.3) is 0 Å². The number of halogens is 1. The molecule has 3 rings (SSSR count). The van der Waals surface area contributed by atoms with Gasteiger partial charge in [-0.15, -0.1) is 0 Å². The Labute approximate surface area is 177 Å². The van der Waals surface area contributed by atoms with Crippen LogP contribution in [0.2, 0.25) is 5.02 Å². The van der Waals surface area contributed by atoms with Crippen molar-refractivity contribution in [3.63, 3.8) is 0 Å². The highest BCUT2D eigenvalue weighted by Crippen LogP contribution is 2.38. The molecule has 1 N–H and O–H groups in total. The van der Waals surface area contributed by atoms with Crippen LogP contribution in [0.15, 0.2) is 42.5 Å². The number of hydrogen-bond acceptors (Lipinski definition) is 3. The molecule has 0 fully saturated rings. The number of nitrogens with zero attached hydrogens (tertiary/aromatic N) is 1. The Kier molecular flexibility index (Phi) is 6.18. The average Bonchev–Trinajstić information content (AvgIpc) is 2.74. The summed E-state index contributed by atoms with van der Waals surface area (Å²) >= 11 is 5.89. The number of carbonyl (C=O) groups excluding carboxylic acids is 2. The summed E-state index contributed by atoms with van der Waals surface area (Å²) < 4.78 is 5.97. The number of anilines is 2. The minimum atomic E-state index is -0.619. The van der Waals surface area contributed by atoms with E-state index in [1.165, 1.54) is 0 Å². The number of rotatable bonds is 5. The fourth-order valence-corrected chi connectivity index (χ4v) is 3.39. The molecule has 29 heavy (non-hydrogen) atoms. The van der Waals surface area contributed by atoms with E-state index in [1.54, 1.807) is 29.2 Å². The van der Waals surface area contributed by atoms with Gasteiger partial charge in [-0.25, -0.2) is 0 Å². The Morgan fingerprint density at radius 2 is 1.90 bits per heavy atom. The van der Waals surface area contributed by atoms with Gasteiger partial charge in [0.2, 0.25) is 11.8 Å². The molecule has 0 radical (unpaired) electrons. The van der Waals surface area contributed by atoms with Crippen LogP contribution in [0.3, 0.4) is 0 Å². The number of nitrogens with one attached hydrogen (secondary N) is 1. The first-order chi connectivity index (χ1) is 13.7. The van der Waals surface area contributed by atoms with Gasteiger partial charge in [0.25, 0.3) is 0 Å². The highest BCUT2D eigenvalue weighted by Gasteiger charge is 2.38. The molecule has 2 aromatic carbocycles. The maximum Gasteiger partial charge on any atom is 0.236 e. The van der Waals surface area contributed by atoms with Crippen LogP contribution in [-0.2, 0) is 16.0 Å². The van der Waals surface area contributed by atoms with Gasteiger partial charge in [-0.2, -0.15) is 0 Å². The molecule has 0 spiro atoms. The van der Waals surface area contributed by atoms with Crippen LogP contribution in [-0.4, -0.2) is 25.0 Å². The van der Waals surface area contributed by atoms with Crippen LogP contribution >= 0.6 is 11.6 Å². The normalized spacial score (nSPS) is 15.5. The summed E-state index contributed by atoms with van der Waals surface area (Å²) in [5.74, 6) is 0.842. The average molecular weight is 415 g/mol. The fraction of sp³-hybridized carbons (Fsp3) is 0.391. The molecule has 1 aliphatic rings. The van der Waals surface area contributed by atoms with Crippen molar-refractivity contribution in [2.75, 3.05) is 23.4 Å². The first-order valence-corrected chi connectivity index (χ1v) is 10.2. The summed E-state index contributed by atoms with van der Waals surface area (Å²) in [6.07, 6.45) is 0.250. The van der Waals surface area contributed by atoms with E-state index in [0.717, 1.165) is 11.3 Å². The second kappa shape index (κ2) is 8.46. The smallest absolute Gasteiger partial charge is 0.236 e. The Morgan fingerprint density at radius 1 is 1.21 bits per heavy atom. The number of benzene rings is 2. The van der Waals surface area contributed by atoms with Crippen molar-refractivity contribution in [3.8, 4) is 5.75 Å². The SMILES string of the molecule is CC(C)CN1C(=O)C(C)(C)COc2cc(NC(=O)Cc3ccc(Cl)cc3)ccc21. The number of amides is 2. The molecule has 154 valence electrons. The van der Waals surface area contributed by atoms with Crippen LogP contribution in [0, 0.1) is 11.3 Å². The lowest BCUT2D eigenvalue weighted by Crippen LogP contribution is -2.43. The first-order valence-electron chi connectivity index (χ1n) is 9.79. The van der Waals surface area contributed by atoms with E-state index in [-0.39, 0.29) is 24.8 Å². The summed E-state index contributed by atoms with van der Waals surface area (Å²) in [7, 11) is 0. The lowest BCUT2D eigenvalue weighted by Gasteiger charge is -2.29. The third-order valence-corrected chi connectivity index (χ3v) is 5.02. The van der Waals surface area contributed by atoms with E-state index in [9.17, 15) is 9.59 Å². The lowest BCUT2D eigenvalue weighted by atomic mass is 9.92. The van der Waals surface area contributed by atoms with Gasteiger partial charge in [0.05, 0.1) is 17.5 Å². The topological polar surface area (TPSA) is 58.6 Å². The van der Waals surface area contributed by atoms with Crippen molar-refractivity contribution in [3.05, 3.63) is 53.1 Å². The molecule has 0 saturated heterocycles. The van der Waals surface area contributed by atoms with Crippen molar-refractivity contribution >= 4 is 34.8 Å². The highest BCUT2D eigenvalue weighted by molar-refractivity contribution is 6.30. The molecule has 1 aliphatic heterocycles. The predicted octanol–water partition coefficient (Wildman–Crippen LogP) is 4.93. The molecule has 6 heteroatoms. The van der Waals surface area contributed by atoms with E-state index in [2.05, 4.69) is 19.2 Å². The Hall–Kier alpha value is -2.53. The zero-order valence-corrected chi connectivity index (χ0v) is 18.0. The molecule has 0 atom stereocenters. The lowest BCUT2D eigenvalue weighted by molar-refractivity contribution is -0.127. The second-order valence-corrected chi connectivity index (χ2v) is 8.95. The van der Waals surface area contributed by atoms with Crippen molar-refractivity contribution in [2.24, 2.45) is 11.3 Å². The predicted molar refractivity (Wildman–Crippen MR) is 117 cm³/mol. The Morgan fingerprint density at radius 3 is 2.55 bits per heavy atom. The molecule has 1 heterocycles. The molecule has 0 unspecified atom stereocenters. The van der Waals surface area contributed by atoms with Crippen LogP contribution in [0.1, 0.15) is 33.3 Å². The van der Waals surface area contributed by atoms with Gasteiger partial charge >= 0.3 is 0 Å². The number of fused-ring (bicyclic) bond motifs is 1. The van der Waals surface area contributed by atoms with Gasteiger partial charge in [-0.05, 0) is 49.6 Å². The van der Waals surface area contributed by atoms with E-state index in [1.807, 2.05) is 32.0 Å². The van der Waals surface area contributed by atoms with Gasteiger partial charge in [0.1, 0.15) is 12.4 Å². The van der Waals surface area contributed by atoms with Crippen molar-refractivity contribution < 1.29 is 14.3 Å². The summed E-state index contributed by atoms with van der Waals surface area (Å²) in [6.45, 7) is 8.84. The molecule has 5 nitrogen and oxygen atoms in total.